The zero-order chi connectivity index (χ0) is 18.3. The van der Waals surface area contributed by atoms with E-state index in [0.29, 0.717) is 30.1 Å². The van der Waals surface area contributed by atoms with E-state index in [2.05, 4.69) is 15.8 Å². The number of urea groups is 1. The smallest absolute Gasteiger partial charge is 0.325 e. The number of hydrogen-bond acceptors (Lipinski definition) is 6. The van der Waals surface area contributed by atoms with Crippen LogP contribution in [0, 0.1) is 6.92 Å². The third-order valence-corrected chi connectivity index (χ3v) is 4.45. The summed E-state index contributed by atoms with van der Waals surface area (Å²) in [4.78, 5) is 38.5. The maximum atomic E-state index is 13.0. The fourth-order valence-corrected chi connectivity index (χ4v) is 3.27. The van der Waals surface area contributed by atoms with Gasteiger partial charge in [-0.2, -0.15) is 0 Å². The molecule has 4 rings (SSSR count). The van der Waals surface area contributed by atoms with Gasteiger partial charge < -0.3 is 19.9 Å². The molecule has 3 heterocycles. The summed E-state index contributed by atoms with van der Waals surface area (Å²) >= 11 is 0. The number of imide groups is 1. The van der Waals surface area contributed by atoms with Crippen LogP contribution in [0.4, 0.5) is 10.6 Å². The molecule has 9 nitrogen and oxygen atoms in total. The third-order valence-electron chi connectivity index (χ3n) is 4.45. The van der Waals surface area contributed by atoms with E-state index < -0.39 is 29.9 Å². The van der Waals surface area contributed by atoms with Gasteiger partial charge in [0.15, 0.2) is 11.4 Å². The maximum Gasteiger partial charge on any atom is 0.325 e. The minimum Gasteiger partial charge on any atom is -0.493 e. The number of para-hydroxylation sites is 1. The Kier molecular flexibility index (Phi) is 3.64. The maximum absolute atomic E-state index is 13.0. The summed E-state index contributed by atoms with van der Waals surface area (Å²) in [6.07, 6.45) is 0.301. The van der Waals surface area contributed by atoms with Crippen LogP contribution in [-0.2, 0) is 15.1 Å². The van der Waals surface area contributed by atoms with Gasteiger partial charge in [-0.1, -0.05) is 23.4 Å². The lowest BCUT2D eigenvalue weighted by Gasteiger charge is -2.33. The second-order valence-electron chi connectivity index (χ2n) is 6.19. The third kappa shape index (κ3) is 2.48. The predicted molar refractivity (Wildman–Crippen MR) is 88.3 cm³/mol. The first kappa shape index (κ1) is 16.1. The molecule has 2 aliphatic rings. The summed E-state index contributed by atoms with van der Waals surface area (Å²) in [7, 11) is 0. The molecule has 134 valence electrons. The molecule has 1 fully saturated rings. The van der Waals surface area contributed by atoms with Crippen molar-refractivity contribution in [3.8, 4) is 5.75 Å². The number of rotatable bonds is 3. The Bertz CT molecular complexity index is 908. The van der Waals surface area contributed by atoms with Crippen molar-refractivity contribution in [3.05, 3.63) is 41.7 Å². The van der Waals surface area contributed by atoms with Crippen molar-refractivity contribution in [2.24, 2.45) is 0 Å². The zero-order valence-corrected chi connectivity index (χ0v) is 13.9. The second-order valence-corrected chi connectivity index (χ2v) is 6.19. The van der Waals surface area contributed by atoms with Crippen LogP contribution in [0.2, 0.25) is 0 Å². The zero-order valence-electron chi connectivity index (χ0n) is 13.9. The van der Waals surface area contributed by atoms with Gasteiger partial charge >= 0.3 is 6.03 Å². The average molecular weight is 356 g/mol. The number of fused-ring (bicyclic) bond motifs is 2. The molecule has 4 amide bonds. The van der Waals surface area contributed by atoms with Crippen molar-refractivity contribution in [2.45, 2.75) is 18.9 Å². The SMILES string of the molecule is Cc1cc(NC(=O)CN2C(=O)N[C@]3(CCOc4ccccc43)C2=O)no1. The van der Waals surface area contributed by atoms with Gasteiger partial charge in [0, 0.05) is 18.1 Å². The molecule has 1 atom stereocenters. The van der Waals surface area contributed by atoms with Gasteiger partial charge in [0.1, 0.15) is 18.1 Å². The van der Waals surface area contributed by atoms with E-state index in [9.17, 15) is 14.4 Å². The molecule has 0 bridgehead atoms. The largest absolute Gasteiger partial charge is 0.493 e. The Hall–Kier alpha value is -3.36. The molecule has 1 spiro atoms. The summed E-state index contributed by atoms with van der Waals surface area (Å²) < 4.78 is 10.4. The first-order valence-corrected chi connectivity index (χ1v) is 8.09. The number of nitrogens with one attached hydrogen (secondary N) is 2. The molecular formula is C17H16N4O5. The van der Waals surface area contributed by atoms with Gasteiger partial charge in [0.25, 0.3) is 5.91 Å². The van der Waals surface area contributed by atoms with Gasteiger partial charge in [-0.05, 0) is 13.0 Å². The number of ether oxygens (including phenoxy) is 1. The molecule has 0 unspecified atom stereocenters. The van der Waals surface area contributed by atoms with Crippen molar-refractivity contribution < 1.29 is 23.6 Å². The number of nitrogens with zero attached hydrogens (tertiary/aromatic N) is 2. The van der Waals surface area contributed by atoms with Crippen LogP contribution >= 0.6 is 0 Å². The first-order valence-electron chi connectivity index (χ1n) is 8.09. The van der Waals surface area contributed by atoms with E-state index in [1.807, 2.05) is 0 Å². The van der Waals surface area contributed by atoms with Gasteiger partial charge in [-0.25, -0.2) is 4.79 Å². The Labute approximate surface area is 148 Å². The highest BCUT2D eigenvalue weighted by atomic mass is 16.5. The number of aryl methyl sites for hydroxylation is 1. The van der Waals surface area contributed by atoms with Crippen LogP contribution in [0.25, 0.3) is 0 Å². The van der Waals surface area contributed by atoms with E-state index in [-0.39, 0.29) is 5.82 Å². The normalized spacial score (nSPS) is 21.3. The molecule has 2 N–H and O–H groups in total. The van der Waals surface area contributed by atoms with Crippen molar-refractivity contribution in [2.75, 3.05) is 18.5 Å². The standard InChI is InChI=1S/C17H16N4O5/c1-10-8-13(20-26-10)18-14(22)9-21-15(23)17(19-16(21)24)6-7-25-12-5-3-2-4-11(12)17/h2-5,8H,6-7,9H2,1H3,(H,19,24)(H,18,20,22)/t17-/m0/s1. The summed E-state index contributed by atoms with van der Waals surface area (Å²) in [5.74, 6) is 0.305. The molecule has 9 heteroatoms. The number of benzene rings is 1. The quantitative estimate of drug-likeness (QED) is 0.798. The highest BCUT2D eigenvalue weighted by Crippen LogP contribution is 2.40. The monoisotopic (exact) mass is 356 g/mol. The number of carbonyl (C=O) groups excluding carboxylic acids is 3. The Balaban J connectivity index is 1.56. The van der Waals surface area contributed by atoms with Crippen LogP contribution in [-0.4, -0.2) is 41.1 Å². The number of aromatic nitrogens is 1. The number of anilines is 1. The van der Waals surface area contributed by atoms with E-state index in [1.165, 1.54) is 0 Å². The minimum atomic E-state index is -1.20. The topological polar surface area (TPSA) is 114 Å². The summed E-state index contributed by atoms with van der Waals surface area (Å²) in [6, 6.07) is 7.99. The summed E-state index contributed by atoms with van der Waals surface area (Å²) in [5.41, 5.74) is -0.601. The molecule has 0 saturated carbocycles. The van der Waals surface area contributed by atoms with Crippen LogP contribution in [0.1, 0.15) is 17.7 Å². The van der Waals surface area contributed by atoms with Gasteiger partial charge in [0.2, 0.25) is 5.91 Å². The van der Waals surface area contributed by atoms with E-state index >= 15 is 0 Å². The summed E-state index contributed by atoms with van der Waals surface area (Å²) in [6.45, 7) is 1.56. The van der Waals surface area contributed by atoms with Crippen LogP contribution in [0.3, 0.4) is 0 Å². The molecule has 2 aromatic rings. The molecule has 1 saturated heterocycles. The van der Waals surface area contributed by atoms with Crippen molar-refractivity contribution >= 4 is 23.7 Å². The summed E-state index contributed by atoms with van der Waals surface area (Å²) in [5, 5.41) is 8.89. The fourth-order valence-electron chi connectivity index (χ4n) is 3.27. The molecule has 0 radical (unpaired) electrons. The Morgan fingerprint density at radius 1 is 1.38 bits per heavy atom. The highest BCUT2D eigenvalue weighted by Gasteiger charge is 2.55. The lowest BCUT2D eigenvalue weighted by atomic mass is 9.84. The molecule has 1 aromatic heterocycles. The molecule has 26 heavy (non-hydrogen) atoms. The van der Waals surface area contributed by atoms with Crippen molar-refractivity contribution in [3.63, 3.8) is 0 Å². The first-order chi connectivity index (χ1) is 12.5. The van der Waals surface area contributed by atoms with Gasteiger partial charge in [-0.15, -0.1) is 0 Å². The number of amides is 4. The van der Waals surface area contributed by atoms with Gasteiger partial charge in [-0.3, -0.25) is 14.5 Å². The van der Waals surface area contributed by atoms with E-state index in [4.69, 9.17) is 9.26 Å². The molecule has 0 aliphatic carbocycles. The van der Waals surface area contributed by atoms with Crippen molar-refractivity contribution in [1.82, 2.24) is 15.4 Å². The van der Waals surface area contributed by atoms with Crippen LogP contribution < -0.4 is 15.4 Å². The van der Waals surface area contributed by atoms with Crippen LogP contribution in [0.15, 0.2) is 34.9 Å². The average Bonchev–Trinajstić information content (AvgIpc) is 3.12. The molecule has 2 aliphatic heterocycles. The van der Waals surface area contributed by atoms with E-state index in [1.54, 1.807) is 37.3 Å². The highest BCUT2D eigenvalue weighted by molar-refractivity contribution is 6.10. The molecule has 1 aromatic carbocycles. The number of carbonyl (C=O) groups is 3. The van der Waals surface area contributed by atoms with Crippen molar-refractivity contribution in [1.29, 1.82) is 0 Å². The van der Waals surface area contributed by atoms with E-state index in [0.717, 1.165) is 4.90 Å². The molecular weight excluding hydrogens is 340 g/mol. The fraction of sp³-hybridized carbons (Fsp3) is 0.294. The predicted octanol–water partition coefficient (Wildman–Crippen LogP) is 1.15. The Morgan fingerprint density at radius 3 is 2.96 bits per heavy atom. The van der Waals surface area contributed by atoms with Gasteiger partial charge in [0.05, 0.1) is 6.61 Å². The van der Waals surface area contributed by atoms with Crippen LogP contribution in [0.5, 0.6) is 5.75 Å². The lowest BCUT2D eigenvalue weighted by molar-refractivity contribution is -0.135. The number of hydrogen-bond donors (Lipinski definition) is 2. The lowest BCUT2D eigenvalue weighted by Crippen LogP contribution is -2.48. The second kappa shape index (κ2) is 5.87. The Morgan fingerprint density at radius 2 is 2.19 bits per heavy atom. The minimum absolute atomic E-state index is 0.227.